The molecule has 2 rings (SSSR count). The second kappa shape index (κ2) is 7.39. The molecule has 122 valence electrons. The molecule has 2 aromatic carbocycles. The Kier molecular flexibility index (Phi) is 5.52. The van der Waals surface area contributed by atoms with Crippen molar-refractivity contribution < 1.29 is 22.1 Å². The Morgan fingerprint density at radius 2 is 1.65 bits per heavy atom. The molecule has 0 amide bonds. The van der Waals surface area contributed by atoms with E-state index >= 15 is 0 Å². The molecule has 0 bridgehead atoms. The van der Waals surface area contributed by atoms with E-state index < -0.39 is 22.2 Å². The highest BCUT2D eigenvalue weighted by atomic mass is 32.2. The summed E-state index contributed by atoms with van der Waals surface area (Å²) in [5, 5.41) is 0. The van der Waals surface area contributed by atoms with Gasteiger partial charge in [-0.15, -0.1) is 0 Å². The van der Waals surface area contributed by atoms with Crippen LogP contribution in [0.2, 0.25) is 0 Å². The molecule has 0 N–H and O–H groups in total. The van der Waals surface area contributed by atoms with Crippen LogP contribution in [-0.4, -0.2) is 27.6 Å². The second-order valence-corrected chi connectivity index (χ2v) is 6.64. The first-order valence-electron chi connectivity index (χ1n) is 7.04. The first kappa shape index (κ1) is 17.2. The van der Waals surface area contributed by atoms with Crippen molar-refractivity contribution in [1.29, 1.82) is 0 Å². The predicted molar refractivity (Wildman–Crippen MR) is 85.4 cm³/mol. The SMILES string of the molecule is COC(=O)C(Cc1ccccc1)OS(=O)(=O)c1ccc(C)cc1. The molecular weight excluding hydrogens is 316 g/mol. The fourth-order valence-electron chi connectivity index (χ4n) is 2.03. The van der Waals surface area contributed by atoms with Crippen molar-refractivity contribution >= 4 is 16.1 Å². The lowest BCUT2D eigenvalue weighted by atomic mass is 10.1. The van der Waals surface area contributed by atoms with E-state index in [1.165, 1.54) is 19.2 Å². The summed E-state index contributed by atoms with van der Waals surface area (Å²) in [4.78, 5) is 11.9. The Hall–Kier alpha value is -2.18. The molecule has 5 nitrogen and oxygen atoms in total. The summed E-state index contributed by atoms with van der Waals surface area (Å²) in [5.41, 5.74) is 1.71. The summed E-state index contributed by atoms with van der Waals surface area (Å²) in [7, 11) is -2.86. The maximum atomic E-state index is 12.3. The minimum absolute atomic E-state index is 0.00469. The van der Waals surface area contributed by atoms with E-state index in [0.29, 0.717) is 0 Å². The van der Waals surface area contributed by atoms with Crippen LogP contribution in [0.15, 0.2) is 59.5 Å². The highest BCUT2D eigenvalue weighted by molar-refractivity contribution is 7.86. The number of rotatable bonds is 6. The number of carbonyl (C=O) groups is 1. The van der Waals surface area contributed by atoms with E-state index in [-0.39, 0.29) is 11.3 Å². The zero-order valence-corrected chi connectivity index (χ0v) is 13.7. The molecule has 6 heteroatoms. The Labute approximate surface area is 136 Å². The number of methoxy groups -OCH3 is 1. The van der Waals surface area contributed by atoms with Crippen LogP contribution < -0.4 is 0 Å². The largest absolute Gasteiger partial charge is 0.467 e. The molecule has 1 atom stereocenters. The molecule has 0 saturated carbocycles. The van der Waals surface area contributed by atoms with Gasteiger partial charge in [-0.1, -0.05) is 48.0 Å². The number of ether oxygens (including phenoxy) is 1. The van der Waals surface area contributed by atoms with Crippen LogP contribution in [0.3, 0.4) is 0 Å². The number of carbonyl (C=O) groups excluding carboxylic acids is 1. The molecule has 1 unspecified atom stereocenters. The van der Waals surface area contributed by atoms with E-state index in [2.05, 4.69) is 4.74 Å². The van der Waals surface area contributed by atoms with Gasteiger partial charge in [0.25, 0.3) is 10.1 Å². The molecule has 0 spiro atoms. The number of hydrogen-bond acceptors (Lipinski definition) is 5. The molecule has 0 saturated heterocycles. The summed E-state index contributed by atoms with van der Waals surface area (Å²) >= 11 is 0. The maximum Gasteiger partial charge on any atom is 0.336 e. The molecule has 23 heavy (non-hydrogen) atoms. The summed E-state index contributed by atoms with van der Waals surface area (Å²) < 4.78 is 34.4. The van der Waals surface area contributed by atoms with Crippen LogP contribution in [0.5, 0.6) is 0 Å². The van der Waals surface area contributed by atoms with Gasteiger partial charge in [0.15, 0.2) is 6.10 Å². The van der Waals surface area contributed by atoms with Crippen LogP contribution in [0.1, 0.15) is 11.1 Å². The van der Waals surface area contributed by atoms with Crippen LogP contribution >= 0.6 is 0 Å². The lowest BCUT2D eigenvalue weighted by Gasteiger charge is -2.15. The number of aryl methyl sites for hydroxylation is 1. The Balaban J connectivity index is 2.23. The number of benzene rings is 2. The summed E-state index contributed by atoms with van der Waals surface area (Å²) in [6.07, 6.45) is -1.12. The third-order valence-electron chi connectivity index (χ3n) is 3.28. The monoisotopic (exact) mass is 334 g/mol. The first-order valence-corrected chi connectivity index (χ1v) is 8.45. The zero-order chi connectivity index (χ0) is 16.9. The average molecular weight is 334 g/mol. The first-order chi connectivity index (χ1) is 10.9. The van der Waals surface area contributed by atoms with Crippen molar-refractivity contribution in [3.63, 3.8) is 0 Å². The third kappa shape index (κ3) is 4.64. The van der Waals surface area contributed by atoms with Gasteiger partial charge >= 0.3 is 5.97 Å². The molecular formula is C17H18O5S. The molecule has 0 aliphatic rings. The van der Waals surface area contributed by atoms with Crippen LogP contribution in [-0.2, 0) is 30.3 Å². The number of esters is 1. The van der Waals surface area contributed by atoms with Crippen molar-refractivity contribution in [3.05, 3.63) is 65.7 Å². The molecule has 0 aromatic heterocycles. The van der Waals surface area contributed by atoms with Crippen molar-refractivity contribution in [2.24, 2.45) is 0 Å². The van der Waals surface area contributed by atoms with E-state index in [1.807, 2.05) is 13.0 Å². The fraction of sp³-hybridized carbons (Fsp3) is 0.235. The highest BCUT2D eigenvalue weighted by Gasteiger charge is 2.28. The predicted octanol–water partition coefficient (Wildman–Crippen LogP) is 2.48. The molecule has 0 radical (unpaired) electrons. The summed E-state index contributed by atoms with van der Waals surface area (Å²) in [5.74, 6) is -0.732. The van der Waals surface area contributed by atoms with Gasteiger partial charge in [-0.05, 0) is 24.6 Å². The van der Waals surface area contributed by atoms with Gasteiger partial charge in [0.1, 0.15) is 0 Å². The normalized spacial score (nSPS) is 12.6. The van der Waals surface area contributed by atoms with Crippen molar-refractivity contribution in [2.75, 3.05) is 7.11 Å². The molecule has 0 aliphatic heterocycles. The lowest BCUT2D eigenvalue weighted by molar-refractivity contribution is -0.148. The van der Waals surface area contributed by atoms with Gasteiger partial charge in [-0.2, -0.15) is 8.42 Å². The van der Waals surface area contributed by atoms with Gasteiger partial charge < -0.3 is 4.74 Å². The van der Waals surface area contributed by atoms with E-state index in [4.69, 9.17) is 4.18 Å². The Morgan fingerprint density at radius 1 is 1.04 bits per heavy atom. The Bertz CT molecular complexity index is 751. The van der Waals surface area contributed by atoms with E-state index in [9.17, 15) is 13.2 Å². The van der Waals surface area contributed by atoms with Crippen LogP contribution in [0.25, 0.3) is 0 Å². The molecule has 0 heterocycles. The third-order valence-corrected chi connectivity index (χ3v) is 4.62. The van der Waals surface area contributed by atoms with Gasteiger partial charge in [-0.3, -0.25) is 4.18 Å². The Morgan fingerprint density at radius 3 is 2.22 bits per heavy atom. The topological polar surface area (TPSA) is 69.7 Å². The minimum Gasteiger partial charge on any atom is -0.467 e. The quantitative estimate of drug-likeness (QED) is 0.599. The highest BCUT2D eigenvalue weighted by Crippen LogP contribution is 2.18. The number of hydrogen-bond donors (Lipinski definition) is 0. The standard InChI is InChI=1S/C17H18O5S/c1-13-8-10-15(11-9-13)23(19,20)22-16(17(18)21-2)12-14-6-4-3-5-7-14/h3-11,16H,12H2,1-2H3. The van der Waals surface area contributed by atoms with Crippen molar-refractivity contribution in [3.8, 4) is 0 Å². The van der Waals surface area contributed by atoms with Crippen molar-refractivity contribution in [2.45, 2.75) is 24.3 Å². The average Bonchev–Trinajstić information content (AvgIpc) is 2.54. The fourth-order valence-corrected chi connectivity index (χ4v) is 3.06. The summed E-state index contributed by atoms with van der Waals surface area (Å²) in [6, 6.07) is 15.2. The van der Waals surface area contributed by atoms with Gasteiger partial charge in [0.05, 0.1) is 12.0 Å². The maximum absolute atomic E-state index is 12.3. The molecule has 2 aromatic rings. The zero-order valence-electron chi connectivity index (χ0n) is 12.9. The molecule has 0 fully saturated rings. The van der Waals surface area contributed by atoms with Gasteiger partial charge in [0, 0.05) is 6.42 Å². The van der Waals surface area contributed by atoms with Crippen LogP contribution in [0.4, 0.5) is 0 Å². The minimum atomic E-state index is -4.05. The molecule has 0 aliphatic carbocycles. The second-order valence-electron chi connectivity index (χ2n) is 5.06. The summed E-state index contributed by atoms with van der Waals surface area (Å²) in [6.45, 7) is 1.85. The van der Waals surface area contributed by atoms with E-state index in [1.54, 1.807) is 36.4 Å². The smallest absolute Gasteiger partial charge is 0.336 e. The van der Waals surface area contributed by atoms with Crippen LogP contribution in [0, 0.1) is 6.92 Å². The van der Waals surface area contributed by atoms with Gasteiger partial charge in [-0.25, -0.2) is 4.79 Å². The van der Waals surface area contributed by atoms with E-state index in [0.717, 1.165) is 11.1 Å². The van der Waals surface area contributed by atoms with Gasteiger partial charge in [0.2, 0.25) is 0 Å². The lowest BCUT2D eigenvalue weighted by Crippen LogP contribution is -2.30. The van der Waals surface area contributed by atoms with Crippen molar-refractivity contribution in [1.82, 2.24) is 0 Å².